The maximum Gasteiger partial charge on any atom is 0.263 e. The lowest BCUT2D eigenvalue weighted by Gasteiger charge is -2.24. The summed E-state index contributed by atoms with van der Waals surface area (Å²) >= 11 is 0. The first-order valence-corrected chi connectivity index (χ1v) is 12.4. The van der Waals surface area contributed by atoms with E-state index in [1.54, 1.807) is 12.4 Å². The lowest BCUT2D eigenvalue weighted by molar-refractivity contribution is 0.0697. The highest BCUT2D eigenvalue weighted by Gasteiger charge is 2.39. The summed E-state index contributed by atoms with van der Waals surface area (Å²) in [5, 5.41) is 20.2. The van der Waals surface area contributed by atoms with E-state index in [9.17, 15) is 9.59 Å². The van der Waals surface area contributed by atoms with Gasteiger partial charge in [0.25, 0.3) is 11.8 Å². The number of carbonyl (C=O) groups is 2. The molecule has 1 aliphatic carbocycles. The van der Waals surface area contributed by atoms with Crippen LogP contribution in [0.3, 0.4) is 0 Å². The number of benzene rings is 1. The van der Waals surface area contributed by atoms with Gasteiger partial charge in [0, 0.05) is 36.1 Å². The molecule has 1 saturated carbocycles. The molecule has 4 aromatic rings. The Morgan fingerprint density at radius 3 is 2.89 bits per heavy atom. The normalized spacial score (nSPS) is 15.9. The maximum atomic E-state index is 13.1. The van der Waals surface area contributed by atoms with Gasteiger partial charge in [-0.25, -0.2) is 9.50 Å². The summed E-state index contributed by atoms with van der Waals surface area (Å²) < 4.78 is 3.00. The summed E-state index contributed by atoms with van der Waals surface area (Å²) in [6, 6.07) is 6.05. The average molecular weight is 501 g/mol. The fraction of sp³-hybridized carbons (Fsp3) is 0.346. The number of aromatic nitrogens is 5. The molecule has 1 atom stereocenters. The first-order chi connectivity index (χ1) is 17.8. The molecule has 11 nitrogen and oxygen atoms in total. The molecule has 6 rings (SSSR count). The lowest BCUT2D eigenvalue weighted by Crippen LogP contribution is -2.34. The number of rotatable bonds is 7. The lowest BCUT2D eigenvalue weighted by atomic mass is 9.98. The summed E-state index contributed by atoms with van der Waals surface area (Å²) in [4.78, 5) is 33.0. The fourth-order valence-corrected chi connectivity index (χ4v) is 5.17. The predicted molar refractivity (Wildman–Crippen MR) is 137 cm³/mol. The molecule has 3 aromatic heterocycles. The number of aliphatic hydroxyl groups is 1. The van der Waals surface area contributed by atoms with Gasteiger partial charge in [0.2, 0.25) is 0 Å². The van der Waals surface area contributed by atoms with Crippen molar-refractivity contribution in [3.8, 4) is 11.3 Å². The second kappa shape index (κ2) is 8.70. The van der Waals surface area contributed by atoms with Crippen LogP contribution in [0.1, 0.15) is 51.6 Å². The third kappa shape index (κ3) is 4.01. The van der Waals surface area contributed by atoms with E-state index in [0.717, 1.165) is 22.3 Å². The number of carbonyl (C=O) groups excluding carboxylic acids is 2. The third-order valence-electron chi connectivity index (χ3n) is 7.28. The summed E-state index contributed by atoms with van der Waals surface area (Å²) in [6.07, 6.45) is 7.21. The highest BCUT2D eigenvalue weighted by atomic mass is 16.3. The first-order valence-electron chi connectivity index (χ1n) is 12.4. The molecule has 0 bridgehead atoms. The molecule has 1 aromatic carbocycles. The monoisotopic (exact) mass is 500 g/mol. The van der Waals surface area contributed by atoms with E-state index in [1.807, 2.05) is 30.0 Å². The second-order valence-electron chi connectivity index (χ2n) is 9.85. The molecule has 0 spiro atoms. The molecule has 2 aliphatic rings. The van der Waals surface area contributed by atoms with Crippen LogP contribution in [0, 0.1) is 12.8 Å². The predicted octanol–water partition coefficient (Wildman–Crippen LogP) is 2.48. The van der Waals surface area contributed by atoms with E-state index < -0.39 is 5.91 Å². The highest BCUT2D eigenvalue weighted by molar-refractivity contribution is 6.11. The Morgan fingerprint density at radius 1 is 1.32 bits per heavy atom. The summed E-state index contributed by atoms with van der Waals surface area (Å²) in [7, 11) is 0. The average Bonchev–Trinajstić information content (AvgIpc) is 3.41. The van der Waals surface area contributed by atoms with Crippen LogP contribution >= 0.6 is 0 Å². The van der Waals surface area contributed by atoms with Crippen LogP contribution in [0.4, 0.5) is 11.5 Å². The van der Waals surface area contributed by atoms with Gasteiger partial charge in [0.05, 0.1) is 30.7 Å². The zero-order valence-corrected chi connectivity index (χ0v) is 20.7. The topological polar surface area (TPSA) is 144 Å². The van der Waals surface area contributed by atoms with Crippen molar-refractivity contribution in [2.45, 2.75) is 45.8 Å². The van der Waals surface area contributed by atoms with Crippen molar-refractivity contribution in [1.29, 1.82) is 0 Å². The zero-order chi connectivity index (χ0) is 25.8. The van der Waals surface area contributed by atoms with Crippen LogP contribution in [0.15, 0.2) is 36.8 Å². The minimum atomic E-state index is -0.457. The highest BCUT2D eigenvalue weighted by Crippen LogP contribution is 2.39. The van der Waals surface area contributed by atoms with Gasteiger partial charge in [0.15, 0.2) is 11.5 Å². The van der Waals surface area contributed by atoms with E-state index >= 15 is 0 Å². The number of hydrogen-bond donors (Lipinski definition) is 3. The zero-order valence-electron chi connectivity index (χ0n) is 20.7. The van der Waals surface area contributed by atoms with Gasteiger partial charge >= 0.3 is 0 Å². The number of nitrogens with two attached hydrogens (primary N) is 1. The van der Waals surface area contributed by atoms with Crippen LogP contribution in [-0.2, 0) is 13.1 Å². The van der Waals surface area contributed by atoms with E-state index in [0.29, 0.717) is 36.0 Å². The van der Waals surface area contributed by atoms with Crippen molar-refractivity contribution >= 4 is 29.0 Å². The molecule has 4 heterocycles. The van der Waals surface area contributed by atoms with E-state index in [2.05, 4.69) is 22.4 Å². The summed E-state index contributed by atoms with van der Waals surface area (Å²) in [6.45, 7) is 4.96. The molecule has 1 fully saturated rings. The van der Waals surface area contributed by atoms with Gasteiger partial charge in [-0.15, -0.1) is 5.10 Å². The van der Waals surface area contributed by atoms with Crippen molar-refractivity contribution in [2.24, 2.45) is 5.92 Å². The first kappa shape index (κ1) is 23.2. The number of nitrogen functional groups attached to an aromatic ring is 1. The molecule has 37 heavy (non-hydrogen) atoms. The minimum absolute atomic E-state index is 0.0589. The number of aryl methyl sites for hydroxylation is 1. The van der Waals surface area contributed by atoms with Crippen LogP contribution in [0.25, 0.3) is 16.9 Å². The Labute approximate surface area is 212 Å². The minimum Gasteiger partial charge on any atom is -0.394 e. The van der Waals surface area contributed by atoms with Crippen LogP contribution < -0.4 is 11.1 Å². The number of amides is 2. The number of nitrogens with zero attached hydrogens (tertiary/aromatic N) is 6. The molecule has 11 heteroatoms. The Hall–Kier alpha value is -4.25. The number of nitrogens with one attached hydrogen (secondary N) is 1. The van der Waals surface area contributed by atoms with E-state index in [-0.39, 0.29) is 29.9 Å². The molecule has 190 valence electrons. The number of anilines is 2. The SMILES string of the molecule is Cc1cc(-c2ccn3nc(N)c(C(=O)Nc4cnn(CCO)c4)c3n2)cc2c1C(=O)N([C@@H](C)C1CC1)C2. The van der Waals surface area contributed by atoms with E-state index in [4.69, 9.17) is 15.8 Å². The van der Waals surface area contributed by atoms with E-state index in [1.165, 1.54) is 28.2 Å². The molecule has 0 unspecified atom stereocenters. The van der Waals surface area contributed by atoms with Crippen molar-refractivity contribution in [1.82, 2.24) is 29.3 Å². The smallest absolute Gasteiger partial charge is 0.263 e. The molecule has 2 amide bonds. The van der Waals surface area contributed by atoms with Crippen molar-refractivity contribution in [3.63, 3.8) is 0 Å². The van der Waals surface area contributed by atoms with Crippen molar-refractivity contribution in [2.75, 3.05) is 17.7 Å². The Bertz CT molecular complexity index is 1550. The molecular weight excluding hydrogens is 472 g/mol. The number of aliphatic hydroxyl groups excluding tert-OH is 1. The molecule has 0 saturated heterocycles. The summed E-state index contributed by atoms with van der Waals surface area (Å²) in [5.74, 6) is 0.307. The van der Waals surface area contributed by atoms with Crippen LogP contribution in [0.2, 0.25) is 0 Å². The molecule has 4 N–H and O–H groups in total. The van der Waals surface area contributed by atoms with Crippen LogP contribution in [-0.4, -0.2) is 58.8 Å². The molecule has 1 aliphatic heterocycles. The standard InChI is InChI=1S/C26H28N8O3/c1-14-9-17(10-18-12-33(26(37)21(14)18)15(2)16-3-4-16)20-5-6-34-24(30-20)22(23(27)31-34)25(36)29-19-11-28-32(13-19)7-8-35/h5-6,9-11,13,15-16,35H,3-4,7-8,12H2,1-2H3,(H2,27,31)(H,29,36)/t15-/m0/s1. The second-order valence-corrected chi connectivity index (χ2v) is 9.85. The van der Waals surface area contributed by atoms with Gasteiger partial charge in [-0.1, -0.05) is 0 Å². The van der Waals surface area contributed by atoms with Crippen LogP contribution in [0.5, 0.6) is 0 Å². The quantitative estimate of drug-likeness (QED) is 0.354. The Kier molecular flexibility index (Phi) is 5.45. The Balaban J connectivity index is 1.33. The van der Waals surface area contributed by atoms with Crippen molar-refractivity contribution in [3.05, 3.63) is 59.0 Å². The van der Waals surface area contributed by atoms with Crippen molar-refractivity contribution < 1.29 is 14.7 Å². The maximum absolute atomic E-state index is 13.1. The third-order valence-corrected chi connectivity index (χ3v) is 7.28. The largest absolute Gasteiger partial charge is 0.394 e. The number of fused-ring (bicyclic) bond motifs is 2. The van der Waals surface area contributed by atoms with Gasteiger partial charge in [-0.2, -0.15) is 5.10 Å². The Morgan fingerprint density at radius 2 is 2.14 bits per heavy atom. The number of hydrogen-bond acceptors (Lipinski definition) is 7. The van der Waals surface area contributed by atoms with Gasteiger partial charge < -0.3 is 21.1 Å². The molecule has 0 radical (unpaired) electrons. The fourth-order valence-electron chi connectivity index (χ4n) is 5.17. The van der Waals surface area contributed by atoms with Gasteiger partial charge in [-0.3, -0.25) is 14.3 Å². The van der Waals surface area contributed by atoms with Gasteiger partial charge in [-0.05, 0) is 61.9 Å². The summed E-state index contributed by atoms with van der Waals surface area (Å²) in [5.41, 5.74) is 11.3. The van der Waals surface area contributed by atoms with Gasteiger partial charge in [0.1, 0.15) is 5.56 Å². The molecular formula is C26H28N8O3.